The summed E-state index contributed by atoms with van der Waals surface area (Å²) in [6.45, 7) is 8.22. The topological polar surface area (TPSA) is 202 Å². The van der Waals surface area contributed by atoms with Gasteiger partial charge < -0.3 is 31.7 Å². The third-order valence-electron chi connectivity index (χ3n) is 10.3. The Morgan fingerprint density at radius 3 is 2.20 bits per heavy atom. The Labute approximate surface area is 347 Å². The van der Waals surface area contributed by atoms with Gasteiger partial charge in [0.25, 0.3) is 11.8 Å². The lowest BCUT2D eigenvalue weighted by molar-refractivity contribution is -0.137. The molecule has 4 rings (SSSR count). The Bertz CT molecular complexity index is 1930. The Kier molecular flexibility index (Phi) is 18.3. The molecule has 0 bridgehead atoms. The monoisotopic (exact) mass is 811 g/mol. The molecule has 0 aliphatic carbocycles. The van der Waals surface area contributed by atoms with Crippen molar-refractivity contribution in [3.05, 3.63) is 77.4 Å². The number of anilines is 2. The lowest BCUT2D eigenvalue weighted by atomic mass is 9.99. The van der Waals surface area contributed by atoms with Gasteiger partial charge in [0.05, 0.1) is 5.52 Å². The van der Waals surface area contributed by atoms with E-state index in [9.17, 15) is 28.8 Å². The van der Waals surface area contributed by atoms with Gasteiger partial charge in [0.1, 0.15) is 24.5 Å². The fourth-order valence-electron chi connectivity index (χ4n) is 6.77. The predicted octanol–water partition coefficient (Wildman–Crippen LogP) is 6.26. The summed E-state index contributed by atoms with van der Waals surface area (Å²) in [5, 5.41) is 12.2. The third kappa shape index (κ3) is 14.8. The SMILES string of the molecule is CCCCCc1cc2c(CCCCCNC(=O)OCc3ccc(NC(=O)[C@H](C)NC(=O)C(NC(=O)CCCCCN4C(=O)C=CC4=O)C(C)C)cc3)cccc2nc1N. The highest BCUT2D eigenvalue weighted by Gasteiger charge is 2.27. The number of nitrogens with two attached hydrogens (primary N) is 1. The molecule has 1 aromatic heterocycles. The van der Waals surface area contributed by atoms with E-state index in [1.807, 2.05) is 12.1 Å². The fraction of sp³-hybridized carbons (Fsp3) is 0.489. The van der Waals surface area contributed by atoms with E-state index in [1.54, 1.807) is 45.0 Å². The number of nitrogens with one attached hydrogen (secondary N) is 4. The average Bonchev–Trinajstić information content (AvgIpc) is 3.53. The summed E-state index contributed by atoms with van der Waals surface area (Å²) in [6, 6.07) is 13.5. The molecule has 318 valence electrons. The predicted molar refractivity (Wildman–Crippen MR) is 229 cm³/mol. The number of amides is 6. The normalized spacial score (nSPS) is 13.4. The fourth-order valence-corrected chi connectivity index (χ4v) is 6.77. The first kappa shape index (κ1) is 45.9. The Morgan fingerprint density at radius 2 is 1.49 bits per heavy atom. The molecule has 3 aromatic rings. The molecule has 6 N–H and O–H groups in total. The smallest absolute Gasteiger partial charge is 0.407 e. The number of fused-ring (bicyclic) bond motifs is 1. The van der Waals surface area contributed by atoms with E-state index in [4.69, 9.17) is 10.5 Å². The summed E-state index contributed by atoms with van der Waals surface area (Å²) in [7, 11) is 0. The van der Waals surface area contributed by atoms with Gasteiger partial charge in [0, 0.05) is 42.7 Å². The molecule has 1 unspecified atom stereocenters. The quantitative estimate of drug-likeness (QED) is 0.0512. The van der Waals surface area contributed by atoms with Crippen LogP contribution in [0, 0.1) is 5.92 Å². The van der Waals surface area contributed by atoms with E-state index in [2.05, 4.69) is 45.3 Å². The largest absolute Gasteiger partial charge is 0.445 e. The molecule has 6 amide bonds. The molecule has 0 fully saturated rings. The van der Waals surface area contributed by atoms with Crippen molar-refractivity contribution in [1.82, 2.24) is 25.8 Å². The highest BCUT2D eigenvalue weighted by Crippen LogP contribution is 2.25. The minimum absolute atomic E-state index is 0.0627. The lowest BCUT2D eigenvalue weighted by Gasteiger charge is -2.24. The second-order valence-electron chi connectivity index (χ2n) is 15.5. The molecule has 59 heavy (non-hydrogen) atoms. The number of hydrogen-bond donors (Lipinski definition) is 5. The zero-order chi connectivity index (χ0) is 42.7. The van der Waals surface area contributed by atoms with Gasteiger partial charge in [-0.2, -0.15) is 0 Å². The number of pyridine rings is 1. The summed E-state index contributed by atoms with van der Waals surface area (Å²) < 4.78 is 5.38. The van der Waals surface area contributed by atoms with Gasteiger partial charge >= 0.3 is 6.09 Å². The van der Waals surface area contributed by atoms with Crippen molar-refractivity contribution in [3.8, 4) is 0 Å². The van der Waals surface area contributed by atoms with Crippen LogP contribution in [0.15, 0.2) is 60.7 Å². The lowest BCUT2D eigenvalue weighted by Crippen LogP contribution is -2.53. The molecule has 2 aromatic carbocycles. The number of carbonyl (C=O) groups is 6. The van der Waals surface area contributed by atoms with Gasteiger partial charge in [-0.15, -0.1) is 0 Å². The van der Waals surface area contributed by atoms with E-state index >= 15 is 0 Å². The van der Waals surface area contributed by atoms with Crippen molar-refractivity contribution in [3.63, 3.8) is 0 Å². The first-order valence-corrected chi connectivity index (χ1v) is 21.0. The summed E-state index contributed by atoms with van der Waals surface area (Å²) in [5.41, 5.74) is 10.8. The van der Waals surface area contributed by atoms with Crippen LogP contribution >= 0.6 is 0 Å². The molecule has 0 spiro atoms. The highest BCUT2D eigenvalue weighted by atomic mass is 16.5. The zero-order valence-electron chi connectivity index (χ0n) is 34.9. The van der Waals surface area contributed by atoms with Crippen LogP contribution in [-0.2, 0) is 48.2 Å². The number of nitrogen functional groups attached to an aromatic ring is 1. The minimum Gasteiger partial charge on any atom is -0.445 e. The summed E-state index contributed by atoms with van der Waals surface area (Å²) in [6.07, 6.45) is 12.0. The minimum atomic E-state index is -0.887. The maximum atomic E-state index is 13.1. The number of nitrogens with zero attached hydrogens (tertiary/aromatic N) is 2. The molecule has 2 heterocycles. The molecule has 0 saturated carbocycles. The third-order valence-corrected chi connectivity index (χ3v) is 10.3. The first-order chi connectivity index (χ1) is 28.4. The maximum Gasteiger partial charge on any atom is 0.407 e. The van der Waals surface area contributed by atoms with Crippen LogP contribution in [0.3, 0.4) is 0 Å². The van der Waals surface area contributed by atoms with Crippen LogP contribution in [0.5, 0.6) is 0 Å². The molecule has 14 nitrogen and oxygen atoms in total. The van der Waals surface area contributed by atoms with E-state index in [0.29, 0.717) is 43.9 Å². The number of aryl methyl sites for hydroxylation is 2. The second kappa shape index (κ2) is 23.6. The number of unbranched alkanes of at least 4 members (excludes halogenated alkanes) is 6. The molecule has 1 aliphatic heterocycles. The van der Waals surface area contributed by atoms with Crippen molar-refractivity contribution in [2.24, 2.45) is 5.92 Å². The number of alkyl carbamates (subject to hydrolysis) is 1. The van der Waals surface area contributed by atoms with Crippen molar-refractivity contribution in [2.45, 2.75) is 123 Å². The van der Waals surface area contributed by atoms with Crippen LogP contribution in [0.4, 0.5) is 16.3 Å². The molecule has 2 atom stereocenters. The number of aromatic nitrogens is 1. The molecule has 1 aliphatic rings. The summed E-state index contributed by atoms with van der Waals surface area (Å²) in [5.74, 6) is -1.48. The zero-order valence-corrected chi connectivity index (χ0v) is 34.9. The maximum absolute atomic E-state index is 13.1. The number of ether oxygens (including phenoxy) is 1. The van der Waals surface area contributed by atoms with E-state index in [0.717, 1.165) is 67.0 Å². The van der Waals surface area contributed by atoms with Gasteiger partial charge in [-0.3, -0.25) is 28.9 Å². The van der Waals surface area contributed by atoms with Crippen molar-refractivity contribution in [1.29, 1.82) is 0 Å². The highest BCUT2D eigenvalue weighted by molar-refractivity contribution is 6.12. The Balaban J connectivity index is 1.09. The van der Waals surface area contributed by atoms with Crippen LogP contribution in [0.2, 0.25) is 0 Å². The number of rotatable bonds is 24. The van der Waals surface area contributed by atoms with Gasteiger partial charge in [-0.05, 0) is 98.7 Å². The Hall–Kier alpha value is -5.79. The first-order valence-electron chi connectivity index (χ1n) is 21.0. The van der Waals surface area contributed by atoms with Crippen LogP contribution in [0.25, 0.3) is 10.9 Å². The summed E-state index contributed by atoms with van der Waals surface area (Å²) in [4.78, 5) is 80.1. The molecular formula is C45H61N7O7. The van der Waals surface area contributed by atoms with Crippen molar-refractivity contribution < 1.29 is 33.5 Å². The molecular weight excluding hydrogens is 751 g/mol. The number of imide groups is 1. The average molecular weight is 812 g/mol. The molecule has 14 heteroatoms. The molecule has 0 saturated heterocycles. The number of carbonyl (C=O) groups excluding carboxylic acids is 6. The van der Waals surface area contributed by atoms with Crippen LogP contribution in [-0.4, -0.2) is 70.7 Å². The van der Waals surface area contributed by atoms with Crippen LogP contribution in [0.1, 0.15) is 109 Å². The van der Waals surface area contributed by atoms with Gasteiger partial charge in [0.2, 0.25) is 17.7 Å². The van der Waals surface area contributed by atoms with Crippen molar-refractivity contribution in [2.75, 3.05) is 24.1 Å². The van der Waals surface area contributed by atoms with Crippen LogP contribution < -0.4 is 27.0 Å². The van der Waals surface area contributed by atoms with Gasteiger partial charge in [-0.1, -0.05) is 70.7 Å². The van der Waals surface area contributed by atoms with E-state index in [-0.39, 0.29) is 36.7 Å². The number of benzene rings is 2. The second-order valence-corrected chi connectivity index (χ2v) is 15.5. The van der Waals surface area contributed by atoms with E-state index < -0.39 is 30.0 Å². The van der Waals surface area contributed by atoms with Gasteiger partial charge in [0.15, 0.2) is 0 Å². The standard InChI is InChI=1S/C45H61N7O7/c1-5-6-9-16-34-28-36-33(17-14-18-37(36)50-42(34)46)15-10-7-12-26-47-45(58)59-29-32-20-22-35(23-21-32)49-43(56)31(4)48-44(57)41(30(2)3)51-38(53)19-11-8-13-27-52-39(54)24-25-40(52)55/h14,17-18,20-25,28,30-31,41H,5-13,15-16,19,26-27,29H2,1-4H3,(H2,46,50)(H,47,58)(H,48,57)(H,49,56)(H,51,53)/t31-,41?/m0/s1. The van der Waals surface area contributed by atoms with Crippen molar-refractivity contribution >= 4 is 58.0 Å². The van der Waals surface area contributed by atoms with Gasteiger partial charge in [-0.25, -0.2) is 9.78 Å². The summed E-state index contributed by atoms with van der Waals surface area (Å²) >= 11 is 0. The molecule has 0 radical (unpaired) electrons. The number of hydrogen-bond acceptors (Lipinski definition) is 9. The Morgan fingerprint density at radius 1 is 0.797 bits per heavy atom. The van der Waals surface area contributed by atoms with E-state index in [1.165, 1.54) is 29.0 Å².